The number of methoxy groups -OCH3 is 1. The topological polar surface area (TPSA) is 116 Å². The molecule has 0 spiro atoms. The predicted octanol–water partition coefficient (Wildman–Crippen LogP) is 0.978. The number of ether oxygens (including phenoxy) is 1. The van der Waals surface area contributed by atoms with Gasteiger partial charge in [0.25, 0.3) is 5.91 Å². The molecule has 1 atom stereocenters. The molecule has 0 aliphatic carbocycles. The van der Waals surface area contributed by atoms with Crippen molar-refractivity contribution in [2.24, 2.45) is 0 Å². The van der Waals surface area contributed by atoms with Crippen molar-refractivity contribution < 1.29 is 19.1 Å². The van der Waals surface area contributed by atoms with Crippen LogP contribution in [0.4, 0.5) is 4.79 Å². The molecule has 9 nitrogen and oxygen atoms in total. The van der Waals surface area contributed by atoms with Crippen molar-refractivity contribution in [3.63, 3.8) is 0 Å². The summed E-state index contributed by atoms with van der Waals surface area (Å²) in [6, 6.07) is 6.05. The third-order valence-corrected chi connectivity index (χ3v) is 4.54. The van der Waals surface area contributed by atoms with Gasteiger partial charge in [0, 0.05) is 31.3 Å². The van der Waals surface area contributed by atoms with Crippen LogP contribution in [0, 0.1) is 0 Å². The fraction of sp³-hybridized carbons (Fsp3) is 0.368. The van der Waals surface area contributed by atoms with Crippen LogP contribution >= 0.6 is 0 Å². The number of hydrogen-bond donors (Lipinski definition) is 3. The first-order chi connectivity index (χ1) is 13.6. The van der Waals surface area contributed by atoms with Crippen molar-refractivity contribution in [2.45, 2.75) is 31.8 Å². The van der Waals surface area contributed by atoms with Crippen LogP contribution in [0.2, 0.25) is 0 Å². The second-order valence-electron chi connectivity index (χ2n) is 6.49. The molecule has 4 amide bonds. The molecule has 0 bridgehead atoms. The Bertz CT molecular complexity index is 819. The number of urea groups is 1. The van der Waals surface area contributed by atoms with Crippen LogP contribution < -0.4 is 15.4 Å². The van der Waals surface area contributed by atoms with Crippen molar-refractivity contribution in [3.05, 3.63) is 48.0 Å². The van der Waals surface area contributed by atoms with Crippen LogP contribution in [0.1, 0.15) is 24.1 Å². The minimum atomic E-state index is -0.677. The van der Waals surface area contributed by atoms with Gasteiger partial charge in [-0.2, -0.15) is 0 Å². The van der Waals surface area contributed by atoms with E-state index < -0.39 is 12.1 Å². The van der Waals surface area contributed by atoms with Crippen LogP contribution in [0.3, 0.4) is 0 Å². The third-order valence-electron chi connectivity index (χ3n) is 4.54. The zero-order valence-electron chi connectivity index (χ0n) is 15.6. The van der Waals surface area contributed by atoms with Crippen LogP contribution in [-0.4, -0.2) is 52.4 Å². The fourth-order valence-electron chi connectivity index (χ4n) is 2.96. The first-order valence-corrected chi connectivity index (χ1v) is 9.05. The highest BCUT2D eigenvalue weighted by Crippen LogP contribution is 2.17. The van der Waals surface area contributed by atoms with Gasteiger partial charge in [0.15, 0.2) is 0 Å². The summed E-state index contributed by atoms with van der Waals surface area (Å²) in [7, 11) is 1.57. The van der Waals surface area contributed by atoms with E-state index in [9.17, 15) is 14.4 Å². The molecule has 1 aliphatic heterocycles. The monoisotopic (exact) mass is 385 g/mol. The van der Waals surface area contributed by atoms with E-state index in [-0.39, 0.29) is 31.2 Å². The van der Waals surface area contributed by atoms with Crippen molar-refractivity contribution in [1.29, 1.82) is 0 Å². The summed E-state index contributed by atoms with van der Waals surface area (Å²) in [5.41, 5.74) is 1.76. The Morgan fingerprint density at radius 3 is 2.75 bits per heavy atom. The maximum Gasteiger partial charge on any atom is 0.325 e. The summed E-state index contributed by atoms with van der Waals surface area (Å²) in [6.45, 7) is 0.664. The molecule has 0 radical (unpaired) electrons. The first-order valence-electron chi connectivity index (χ1n) is 9.05. The van der Waals surface area contributed by atoms with E-state index in [1.807, 2.05) is 0 Å². The SMILES string of the molecule is COc1ccc(CN2C(=O)NC(CCC(=O)NCCc3cnc[nH]3)C2=O)cc1. The Balaban J connectivity index is 1.44. The molecule has 1 aromatic carbocycles. The second-order valence-corrected chi connectivity index (χ2v) is 6.49. The lowest BCUT2D eigenvalue weighted by atomic mass is 10.1. The third kappa shape index (κ3) is 4.87. The van der Waals surface area contributed by atoms with E-state index in [0.29, 0.717) is 18.7 Å². The molecular formula is C19H23N5O4. The highest BCUT2D eigenvalue weighted by Gasteiger charge is 2.37. The standard InChI is InChI=1S/C19H23N5O4/c1-28-15-4-2-13(3-5-15)11-24-18(26)16(23-19(24)27)6-7-17(25)21-9-8-14-10-20-12-22-14/h2-5,10,12,16H,6-9,11H2,1H3,(H,20,22)(H,21,25)(H,23,27). The molecule has 1 unspecified atom stereocenters. The molecule has 148 valence electrons. The highest BCUT2D eigenvalue weighted by molar-refractivity contribution is 6.04. The molecule has 3 rings (SSSR count). The predicted molar refractivity (Wildman–Crippen MR) is 100 cm³/mol. The van der Waals surface area contributed by atoms with Gasteiger partial charge in [-0.15, -0.1) is 0 Å². The number of carbonyl (C=O) groups excluding carboxylic acids is 3. The van der Waals surface area contributed by atoms with Crippen molar-refractivity contribution in [2.75, 3.05) is 13.7 Å². The second kappa shape index (κ2) is 9.03. The van der Waals surface area contributed by atoms with E-state index in [1.165, 1.54) is 4.90 Å². The van der Waals surface area contributed by atoms with Crippen LogP contribution in [0.15, 0.2) is 36.8 Å². The number of hydrogen-bond acceptors (Lipinski definition) is 5. The summed E-state index contributed by atoms with van der Waals surface area (Å²) >= 11 is 0. The van der Waals surface area contributed by atoms with E-state index in [2.05, 4.69) is 20.6 Å². The number of carbonyl (C=O) groups is 3. The summed E-state index contributed by atoms with van der Waals surface area (Å²) in [5, 5.41) is 5.45. The van der Waals surface area contributed by atoms with E-state index >= 15 is 0 Å². The summed E-state index contributed by atoms with van der Waals surface area (Å²) in [6.07, 6.45) is 4.37. The maximum absolute atomic E-state index is 12.5. The maximum atomic E-state index is 12.5. The van der Waals surface area contributed by atoms with Crippen LogP contribution in [-0.2, 0) is 22.6 Å². The lowest BCUT2D eigenvalue weighted by molar-refractivity contribution is -0.128. The van der Waals surface area contributed by atoms with Gasteiger partial charge in [0.1, 0.15) is 11.8 Å². The van der Waals surface area contributed by atoms with Gasteiger partial charge < -0.3 is 20.4 Å². The number of imide groups is 1. The number of H-pyrrole nitrogens is 1. The number of benzene rings is 1. The quantitative estimate of drug-likeness (QED) is 0.557. The Labute approximate surface area is 162 Å². The first kappa shape index (κ1) is 19.4. The van der Waals surface area contributed by atoms with Crippen LogP contribution in [0.25, 0.3) is 0 Å². The smallest absolute Gasteiger partial charge is 0.325 e. The van der Waals surface area contributed by atoms with Gasteiger partial charge in [-0.1, -0.05) is 12.1 Å². The number of aromatic amines is 1. The van der Waals surface area contributed by atoms with Gasteiger partial charge in [0.2, 0.25) is 5.91 Å². The minimum Gasteiger partial charge on any atom is -0.497 e. The largest absolute Gasteiger partial charge is 0.497 e. The molecule has 0 saturated carbocycles. The lowest BCUT2D eigenvalue weighted by Gasteiger charge is -2.13. The molecule has 2 aromatic rings. The number of aromatic nitrogens is 2. The molecule has 1 aliphatic rings. The van der Waals surface area contributed by atoms with Gasteiger partial charge in [-0.3, -0.25) is 14.5 Å². The number of nitrogens with zero attached hydrogens (tertiary/aromatic N) is 2. The Morgan fingerprint density at radius 1 is 1.29 bits per heavy atom. The zero-order valence-corrected chi connectivity index (χ0v) is 15.6. The summed E-state index contributed by atoms with van der Waals surface area (Å²) in [4.78, 5) is 44.6. The molecule has 1 fully saturated rings. The Hall–Kier alpha value is -3.36. The normalized spacial score (nSPS) is 16.2. The van der Waals surface area contributed by atoms with E-state index in [4.69, 9.17) is 4.74 Å². The zero-order chi connectivity index (χ0) is 19.9. The Morgan fingerprint density at radius 2 is 2.07 bits per heavy atom. The molecule has 1 aromatic heterocycles. The summed E-state index contributed by atoms with van der Waals surface area (Å²) in [5.74, 6) is 0.235. The molecular weight excluding hydrogens is 362 g/mol. The van der Waals surface area contributed by atoms with Crippen molar-refractivity contribution in [3.8, 4) is 5.75 Å². The number of imidazole rings is 1. The lowest BCUT2D eigenvalue weighted by Crippen LogP contribution is -2.33. The Kier molecular flexibility index (Phi) is 6.25. The highest BCUT2D eigenvalue weighted by atomic mass is 16.5. The van der Waals surface area contributed by atoms with Gasteiger partial charge in [0.05, 0.1) is 20.0 Å². The van der Waals surface area contributed by atoms with Crippen molar-refractivity contribution in [1.82, 2.24) is 25.5 Å². The molecule has 28 heavy (non-hydrogen) atoms. The molecule has 1 saturated heterocycles. The molecule has 3 N–H and O–H groups in total. The van der Waals surface area contributed by atoms with E-state index in [1.54, 1.807) is 43.9 Å². The number of amides is 4. The molecule has 2 heterocycles. The minimum absolute atomic E-state index is 0.157. The average Bonchev–Trinajstić information content (AvgIpc) is 3.31. The number of nitrogens with one attached hydrogen (secondary N) is 3. The average molecular weight is 385 g/mol. The van der Waals surface area contributed by atoms with Crippen molar-refractivity contribution >= 4 is 17.8 Å². The van der Waals surface area contributed by atoms with Crippen LogP contribution in [0.5, 0.6) is 5.75 Å². The number of rotatable bonds is 9. The summed E-state index contributed by atoms with van der Waals surface area (Å²) < 4.78 is 5.10. The van der Waals surface area contributed by atoms with Gasteiger partial charge >= 0.3 is 6.03 Å². The van der Waals surface area contributed by atoms with E-state index in [0.717, 1.165) is 11.3 Å². The van der Waals surface area contributed by atoms with Gasteiger partial charge in [-0.25, -0.2) is 9.78 Å². The van der Waals surface area contributed by atoms with Gasteiger partial charge in [-0.05, 0) is 24.1 Å². The molecule has 9 heteroatoms. The fourth-order valence-corrected chi connectivity index (χ4v) is 2.96.